The Morgan fingerprint density at radius 3 is 2.26 bits per heavy atom. The first kappa shape index (κ1) is 14.3. The SMILES string of the molecule is Cc1cc(Br)cc(C(NN)c2ccc(C)c(C)c2)c1. The zero-order valence-electron chi connectivity index (χ0n) is 11.5. The van der Waals surface area contributed by atoms with Gasteiger partial charge in [-0.15, -0.1) is 0 Å². The third kappa shape index (κ3) is 3.24. The number of nitrogens with two attached hydrogens (primary N) is 1. The van der Waals surface area contributed by atoms with Crippen LogP contribution >= 0.6 is 15.9 Å². The number of aryl methyl sites for hydroxylation is 3. The largest absolute Gasteiger partial charge is 0.271 e. The van der Waals surface area contributed by atoms with Crippen LogP contribution in [0.3, 0.4) is 0 Å². The van der Waals surface area contributed by atoms with Gasteiger partial charge < -0.3 is 0 Å². The fourth-order valence-electron chi connectivity index (χ4n) is 2.26. The second kappa shape index (κ2) is 5.87. The molecular formula is C16H19BrN2. The molecule has 0 saturated heterocycles. The molecule has 2 aromatic rings. The van der Waals surface area contributed by atoms with Crippen LogP contribution in [0.15, 0.2) is 40.9 Å². The number of hydrogen-bond donors (Lipinski definition) is 2. The highest BCUT2D eigenvalue weighted by atomic mass is 79.9. The van der Waals surface area contributed by atoms with Crippen molar-refractivity contribution in [3.63, 3.8) is 0 Å². The predicted octanol–water partition coefficient (Wildman–Crippen LogP) is 3.93. The third-order valence-electron chi connectivity index (χ3n) is 3.43. The highest BCUT2D eigenvalue weighted by molar-refractivity contribution is 9.10. The third-order valence-corrected chi connectivity index (χ3v) is 3.89. The van der Waals surface area contributed by atoms with Crippen molar-refractivity contribution in [1.82, 2.24) is 5.43 Å². The van der Waals surface area contributed by atoms with E-state index in [1.165, 1.54) is 22.3 Å². The van der Waals surface area contributed by atoms with Gasteiger partial charge in [0.1, 0.15) is 0 Å². The maximum absolute atomic E-state index is 5.76. The van der Waals surface area contributed by atoms with E-state index in [0.29, 0.717) is 0 Å². The van der Waals surface area contributed by atoms with Crippen LogP contribution in [0.25, 0.3) is 0 Å². The molecule has 0 aliphatic carbocycles. The highest BCUT2D eigenvalue weighted by Crippen LogP contribution is 2.26. The Balaban J connectivity index is 2.46. The minimum Gasteiger partial charge on any atom is -0.271 e. The number of hydrogen-bond acceptors (Lipinski definition) is 2. The topological polar surface area (TPSA) is 38.0 Å². The summed E-state index contributed by atoms with van der Waals surface area (Å²) in [4.78, 5) is 0. The molecule has 0 radical (unpaired) electrons. The van der Waals surface area contributed by atoms with E-state index in [1.807, 2.05) is 0 Å². The van der Waals surface area contributed by atoms with E-state index in [2.05, 4.69) is 78.5 Å². The monoisotopic (exact) mass is 318 g/mol. The van der Waals surface area contributed by atoms with Crippen LogP contribution in [-0.4, -0.2) is 0 Å². The van der Waals surface area contributed by atoms with Gasteiger partial charge in [-0.05, 0) is 60.7 Å². The fraction of sp³-hybridized carbons (Fsp3) is 0.250. The van der Waals surface area contributed by atoms with Crippen molar-refractivity contribution >= 4 is 15.9 Å². The number of rotatable bonds is 3. The minimum atomic E-state index is 0.00972. The van der Waals surface area contributed by atoms with Crippen LogP contribution in [0.2, 0.25) is 0 Å². The van der Waals surface area contributed by atoms with Gasteiger partial charge in [0, 0.05) is 4.47 Å². The summed E-state index contributed by atoms with van der Waals surface area (Å²) in [5.74, 6) is 5.76. The van der Waals surface area contributed by atoms with Crippen LogP contribution in [0.1, 0.15) is 33.9 Å². The van der Waals surface area contributed by atoms with Crippen LogP contribution in [0, 0.1) is 20.8 Å². The molecule has 0 amide bonds. The zero-order chi connectivity index (χ0) is 14.0. The van der Waals surface area contributed by atoms with Gasteiger partial charge in [-0.1, -0.05) is 40.2 Å². The normalized spacial score (nSPS) is 12.5. The lowest BCUT2D eigenvalue weighted by Crippen LogP contribution is -2.29. The first-order chi connectivity index (χ1) is 9.01. The van der Waals surface area contributed by atoms with Crippen LogP contribution in [0.5, 0.6) is 0 Å². The maximum Gasteiger partial charge on any atom is 0.0710 e. The summed E-state index contributed by atoms with van der Waals surface area (Å²) in [6, 6.07) is 12.8. The van der Waals surface area contributed by atoms with E-state index in [0.717, 1.165) is 10.0 Å². The molecule has 2 nitrogen and oxygen atoms in total. The summed E-state index contributed by atoms with van der Waals surface area (Å²) >= 11 is 3.54. The van der Waals surface area contributed by atoms with Gasteiger partial charge in [-0.3, -0.25) is 5.84 Å². The van der Waals surface area contributed by atoms with Gasteiger partial charge in [0.25, 0.3) is 0 Å². The van der Waals surface area contributed by atoms with Crippen molar-refractivity contribution in [3.8, 4) is 0 Å². The lowest BCUT2D eigenvalue weighted by atomic mass is 9.95. The first-order valence-electron chi connectivity index (χ1n) is 6.31. The summed E-state index contributed by atoms with van der Waals surface area (Å²) < 4.78 is 1.08. The molecule has 0 saturated carbocycles. The molecule has 3 heteroatoms. The standard InChI is InChI=1S/C16H19BrN2/c1-10-6-14(9-15(17)7-10)16(19-18)13-5-4-11(2)12(3)8-13/h4-9,16,19H,18H2,1-3H3. The number of nitrogens with one attached hydrogen (secondary N) is 1. The Morgan fingerprint density at radius 2 is 1.68 bits per heavy atom. The smallest absolute Gasteiger partial charge is 0.0710 e. The molecule has 2 rings (SSSR count). The summed E-state index contributed by atoms with van der Waals surface area (Å²) in [6.07, 6.45) is 0. The lowest BCUT2D eigenvalue weighted by molar-refractivity contribution is 0.635. The number of hydrazine groups is 1. The molecule has 0 aliphatic heterocycles. The Hall–Kier alpha value is -1.16. The van der Waals surface area contributed by atoms with E-state index in [-0.39, 0.29) is 6.04 Å². The van der Waals surface area contributed by atoms with E-state index in [9.17, 15) is 0 Å². The first-order valence-corrected chi connectivity index (χ1v) is 7.11. The Kier molecular flexibility index (Phi) is 4.40. The Labute approximate surface area is 123 Å². The summed E-state index contributed by atoms with van der Waals surface area (Å²) in [7, 11) is 0. The van der Waals surface area contributed by atoms with Crippen molar-refractivity contribution < 1.29 is 0 Å². The average Bonchev–Trinajstić information content (AvgIpc) is 2.33. The van der Waals surface area contributed by atoms with Crippen molar-refractivity contribution in [2.24, 2.45) is 5.84 Å². The molecule has 1 atom stereocenters. The van der Waals surface area contributed by atoms with Gasteiger partial charge in [0.05, 0.1) is 6.04 Å². The van der Waals surface area contributed by atoms with Crippen LogP contribution in [0.4, 0.5) is 0 Å². The van der Waals surface area contributed by atoms with E-state index < -0.39 is 0 Å². The average molecular weight is 319 g/mol. The zero-order valence-corrected chi connectivity index (χ0v) is 13.1. The molecule has 1 unspecified atom stereocenters. The van der Waals surface area contributed by atoms with Gasteiger partial charge >= 0.3 is 0 Å². The molecule has 0 aliphatic rings. The van der Waals surface area contributed by atoms with Crippen molar-refractivity contribution in [2.75, 3.05) is 0 Å². The van der Waals surface area contributed by atoms with Gasteiger partial charge in [-0.25, -0.2) is 5.43 Å². The molecule has 0 heterocycles. The lowest BCUT2D eigenvalue weighted by Gasteiger charge is -2.19. The molecule has 3 N–H and O–H groups in total. The molecule has 0 fully saturated rings. The number of halogens is 1. The van der Waals surface area contributed by atoms with E-state index in [4.69, 9.17) is 5.84 Å². The molecule has 19 heavy (non-hydrogen) atoms. The summed E-state index contributed by atoms with van der Waals surface area (Å²) in [6.45, 7) is 6.33. The molecule has 0 spiro atoms. The quantitative estimate of drug-likeness (QED) is 0.664. The predicted molar refractivity (Wildman–Crippen MR) is 84.0 cm³/mol. The van der Waals surface area contributed by atoms with Crippen LogP contribution in [-0.2, 0) is 0 Å². The van der Waals surface area contributed by atoms with Gasteiger partial charge in [0.15, 0.2) is 0 Å². The minimum absolute atomic E-state index is 0.00972. The van der Waals surface area contributed by atoms with Crippen molar-refractivity contribution in [1.29, 1.82) is 0 Å². The Bertz CT molecular complexity index is 573. The van der Waals surface area contributed by atoms with Crippen molar-refractivity contribution in [3.05, 3.63) is 68.7 Å². The summed E-state index contributed by atoms with van der Waals surface area (Å²) in [5, 5.41) is 0. The fourth-order valence-corrected chi connectivity index (χ4v) is 2.89. The van der Waals surface area contributed by atoms with Crippen LogP contribution < -0.4 is 11.3 Å². The number of benzene rings is 2. The Morgan fingerprint density at radius 1 is 0.947 bits per heavy atom. The molecule has 100 valence electrons. The molecule has 0 aromatic heterocycles. The molecular weight excluding hydrogens is 300 g/mol. The van der Waals surface area contributed by atoms with Gasteiger partial charge in [-0.2, -0.15) is 0 Å². The van der Waals surface area contributed by atoms with E-state index >= 15 is 0 Å². The van der Waals surface area contributed by atoms with Crippen molar-refractivity contribution in [2.45, 2.75) is 26.8 Å². The van der Waals surface area contributed by atoms with E-state index in [1.54, 1.807) is 0 Å². The second-order valence-electron chi connectivity index (χ2n) is 5.01. The second-order valence-corrected chi connectivity index (χ2v) is 5.92. The summed E-state index contributed by atoms with van der Waals surface area (Å²) in [5.41, 5.74) is 9.06. The molecule has 2 aromatic carbocycles. The molecule has 0 bridgehead atoms. The van der Waals surface area contributed by atoms with Gasteiger partial charge in [0.2, 0.25) is 0 Å². The maximum atomic E-state index is 5.76. The highest BCUT2D eigenvalue weighted by Gasteiger charge is 2.13.